The van der Waals surface area contributed by atoms with Gasteiger partial charge < -0.3 is 24.9 Å². The molecular weight excluding hydrogens is 594 g/mol. The Balaban J connectivity index is 0.00000462. The fourth-order valence-electron chi connectivity index (χ4n) is 3.89. The first-order valence-electron chi connectivity index (χ1n) is 12.2. The average molecular weight is 622 g/mol. The number of carbonyl (C=O) groups excluding carboxylic acids is 1. The van der Waals surface area contributed by atoms with Gasteiger partial charge in [-0.15, -0.1) is 12.4 Å². The lowest BCUT2D eigenvalue weighted by molar-refractivity contribution is -0.0515. The molecule has 0 spiro atoms. The van der Waals surface area contributed by atoms with Gasteiger partial charge in [0.2, 0.25) is 5.89 Å². The number of ether oxygens (including phenoxy) is 2. The van der Waals surface area contributed by atoms with E-state index in [2.05, 4.69) is 15.0 Å². The van der Waals surface area contributed by atoms with Crippen molar-refractivity contribution in [1.82, 2.24) is 10.3 Å². The van der Waals surface area contributed by atoms with Crippen LogP contribution in [0.25, 0.3) is 11.5 Å². The lowest BCUT2D eigenvalue weighted by Gasteiger charge is -2.19. The Kier molecular flexibility index (Phi) is 10.3. The van der Waals surface area contributed by atoms with Crippen molar-refractivity contribution in [3.63, 3.8) is 0 Å². The van der Waals surface area contributed by atoms with Crippen LogP contribution in [0.3, 0.4) is 0 Å². The molecule has 2 atom stereocenters. The Hall–Kier alpha value is -3.36. The molecule has 1 heterocycles. The molecule has 0 saturated heterocycles. The molecule has 2 aromatic carbocycles. The van der Waals surface area contributed by atoms with Gasteiger partial charge in [0.05, 0.1) is 24.4 Å². The number of carbonyl (C=O) groups is 1. The molecule has 1 amide bonds. The van der Waals surface area contributed by atoms with E-state index in [1.165, 1.54) is 25.1 Å². The highest BCUT2D eigenvalue weighted by molar-refractivity contribution is 7.90. The second-order valence-electron chi connectivity index (χ2n) is 9.60. The van der Waals surface area contributed by atoms with Crippen molar-refractivity contribution in [2.45, 2.75) is 38.5 Å². The van der Waals surface area contributed by atoms with E-state index in [0.717, 1.165) is 31.2 Å². The van der Waals surface area contributed by atoms with Gasteiger partial charge >= 0.3 is 6.61 Å². The van der Waals surface area contributed by atoms with Crippen molar-refractivity contribution in [3.05, 3.63) is 65.1 Å². The van der Waals surface area contributed by atoms with Gasteiger partial charge in [-0.25, -0.2) is 22.2 Å². The van der Waals surface area contributed by atoms with E-state index in [4.69, 9.17) is 14.9 Å². The van der Waals surface area contributed by atoms with Gasteiger partial charge in [-0.05, 0) is 49.9 Å². The predicted molar refractivity (Wildman–Crippen MR) is 143 cm³/mol. The van der Waals surface area contributed by atoms with Crippen molar-refractivity contribution < 1.29 is 44.7 Å². The zero-order valence-corrected chi connectivity index (χ0v) is 23.5. The van der Waals surface area contributed by atoms with Crippen LogP contribution in [-0.4, -0.2) is 44.5 Å². The number of sulfone groups is 1. The average Bonchev–Trinajstić information content (AvgIpc) is 3.56. The van der Waals surface area contributed by atoms with E-state index >= 15 is 0 Å². The SMILES string of the molecule is C[C@H](N)c1oc(-c2ccc(OC(F)F)c(OCC3CC3)c2)nc1C(=O)N[C@H](CS(C)(=O)=O)c1ccc(F)cc1F.Cl. The molecule has 1 saturated carbocycles. The third-order valence-corrected chi connectivity index (χ3v) is 6.91. The quantitative estimate of drug-likeness (QED) is 0.271. The summed E-state index contributed by atoms with van der Waals surface area (Å²) < 4.78 is 93.8. The van der Waals surface area contributed by atoms with Crippen LogP contribution in [0.15, 0.2) is 40.8 Å². The number of nitrogens with zero attached hydrogens (tertiary/aromatic N) is 1. The van der Waals surface area contributed by atoms with Crippen LogP contribution >= 0.6 is 12.4 Å². The lowest BCUT2D eigenvalue weighted by atomic mass is 10.1. The molecule has 0 unspecified atom stereocenters. The third kappa shape index (κ3) is 8.57. The minimum absolute atomic E-state index is 0. The van der Waals surface area contributed by atoms with E-state index in [0.29, 0.717) is 18.6 Å². The first-order chi connectivity index (χ1) is 18.8. The monoisotopic (exact) mass is 621 g/mol. The van der Waals surface area contributed by atoms with Crippen LogP contribution < -0.4 is 20.5 Å². The van der Waals surface area contributed by atoms with E-state index in [9.17, 15) is 30.8 Å². The maximum atomic E-state index is 14.5. The first kappa shape index (κ1) is 32.2. The van der Waals surface area contributed by atoms with Crippen LogP contribution in [0, 0.1) is 17.6 Å². The molecule has 0 aliphatic heterocycles. The molecule has 1 aliphatic rings. The van der Waals surface area contributed by atoms with Crippen LogP contribution in [-0.2, 0) is 9.84 Å². The zero-order chi connectivity index (χ0) is 29.2. The summed E-state index contributed by atoms with van der Waals surface area (Å²) >= 11 is 0. The number of rotatable bonds is 12. The van der Waals surface area contributed by atoms with Crippen molar-refractivity contribution in [1.29, 1.82) is 0 Å². The van der Waals surface area contributed by atoms with Crippen LogP contribution in [0.2, 0.25) is 0 Å². The molecule has 1 aromatic heterocycles. The molecule has 0 radical (unpaired) electrons. The van der Waals surface area contributed by atoms with E-state index in [-0.39, 0.29) is 52.4 Å². The first-order valence-corrected chi connectivity index (χ1v) is 14.3. The standard InChI is InChI=1S/C26H27F4N3O6S.ClH/c1-13(31)23-22(24(34)32-19(12-40(2,35)36)17-7-6-16(27)10-18(17)28)33-25(39-23)15-5-8-20(38-26(29)30)21(9-15)37-11-14-3-4-14;/h5-10,13-14,19,26H,3-4,11-12,31H2,1-2H3,(H,32,34);1H/t13-,19+;/m0./s1. The molecule has 1 aliphatic carbocycles. The Morgan fingerprint density at radius 1 is 1.17 bits per heavy atom. The fraction of sp³-hybridized carbons (Fsp3) is 0.385. The Morgan fingerprint density at radius 2 is 1.88 bits per heavy atom. The highest BCUT2D eigenvalue weighted by Gasteiger charge is 2.29. The van der Waals surface area contributed by atoms with Gasteiger partial charge in [-0.2, -0.15) is 8.78 Å². The number of hydrogen-bond donors (Lipinski definition) is 2. The Labute approximate surface area is 239 Å². The summed E-state index contributed by atoms with van der Waals surface area (Å²) in [5.41, 5.74) is 5.68. The van der Waals surface area contributed by atoms with Crippen LogP contribution in [0.4, 0.5) is 17.6 Å². The van der Waals surface area contributed by atoms with E-state index in [1.54, 1.807) is 0 Å². The number of nitrogens with two attached hydrogens (primary N) is 1. The van der Waals surface area contributed by atoms with Gasteiger partial charge in [0.25, 0.3) is 5.91 Å². The number of hydrogen-bond acceptors (Lipinski definition) is 8. The normalized spacial score (nSPS) is 14.7. The minimum Gasteiger partial charge on any atom is -0.489 e. The smallest absolute Gasteiger partial charge is 0.387 e. The molecular formula is C26H28ClF4N3O6S. The summed E-state index contributed by atoms with van der Waals surface area (Å²) in [6.45, 7) is -1.27. The second-order valence-corrected chi connectivity index (χ2v) is 11.8. The van der Waals surface area contributed by atoms with Gasteiger partial charge in [0, 0.05) is 23.4 Å². The number of amides is 1. The summed E-state index contributed by atoms with van der Waals surface area (Å²) in [5, 5.41) is 2.42. The Bertz CT molecular complexity index is 1500. The molecule has 9 nitrogen and oxygen atoms in total. The van der Waals surface area contributed by atoms with E-state index in [1.807, 2.05) is 0 Å². The fourth-order valence-corrected chi connectivity index (χ4v) is 4.76. The van der Waals surface area contributed by atoms with Gasteiger partial charge in [-0.3, -0.25) is 4.79 Å². The largest absolute Gasteiger partial charge is 0.489 e. The molecule has 15 heteroatoms. The second kappa shape index (κ2) is 13.1. The molecule has 3 N–H and O–H groups in total. The maximum absolute atomic E-state index is 14.5. The molecule has 224 valence electrons. The maximum Gasteiger partial charge on any atom is 0.387 e. The van der Waals surface area contributed by atoms with E-state index < -0.39 is 51.8 Å². The number of aromatic nitrogens is 1. The number of oxazole rings is 1. The summed E-state index contributed by atoms with van der Waals surface area (Å²) in [7, 11) is -3.74. The van der Waals surface area contributed by atoms with Crippen LogP contribution in [0.1, 0.15) is 53.7 Å². The highest BCUT2D eigenvalue weighted by Crippen LogP contribution is 2.37. The van der Waals surface area contributed by atoms with Gasteiger partial charge in [0.15, 0.2) is 23.0 Å². The molecule has 4 rings (SSSR count). The van der Waals surface area contributed by atoms with Crippen molar-refractivity contribution >= 4 is 28.2 Å². The highest BCUT2D eigenvalue weighted by atomic mass is 35.5. The molecule has 41 heavy (non-hydrogen) atoms. The number of nitrogens with one attached hydrogen (secondary N) is 1. The van der Waals surface area contributed by atoms with Crippen molar-refractivity contribution in [2.24, 2.45) is 11.7 Å². The molecule has 0 bridgehead atoms. The summed E-state index contributed by atoms with van der Waals surface area (Å²) in [5.74, 6) is -3.57. The van der Waals surface area contributed by atoms with Gasteiger partial charge in [-0.1, -0.05) is 6.07 Å². The van der Waals surface area contributed by atoms with Gasteiger partial charge in [0.1, 0.15) is 21.5 Å². The number of halogens is 5. The third-order valence-electron chi connectivity index (χ3n) is 5.97. The summed E-state index contributed by atoms with van der Waals surface area (Å²) in [4.78, 5) is 17.5. The predicted octanol–water partition coefficient (Wildman–Crippen LogP) is 4.97. The Morgan fingerprint density at radius 3 is 2.46 bits per heavy atom. The molecule has 3 aromatic rings. The lowest BCUT2D eigenvalue weighted by Crippen LogP contribution is -2.34. The molecule has 1 fully saturated rings. The summed E-state index contributed by atoms with van der Waals surface area (Å²) in [6, 6.07) is 4.29. The minimum atomic E-state index is -3.74. The summed E-state index contributed by atoms with van der Waals surface area (Å²) in [6.07, 6.45) is 2.82. The number of benzene rings is 2. The van der Waals surface area contributed by atoms with Crippen molar-refractivity contribution in [2.75, 3.05) is 18.6 Å². The van der Waals surface area contributed by atoms with Crippen molar-refractivity contribution in [3.8, 4) is 23.0 Å². The topological polar surface area (TPSA) is 134 Å². The number of alkyl halides is 2. The van der Waals surface area contributed by atoms with Crippen LogP contribution in [0.5, 0.6) is 11.5 Å². The zero-order valence-electron chi connectivity index (χ0n) is 21.9.